The van der Waals surface area contributed by atoms with E-state index in [-0.39, 0.29) is 43.0 Å². The Morgan fingerprint density at radius 3 is 2.24 bits per heavy atom. The van der Waals surface area contributed by atoms with Crippen molar-refractivity contribution < 1.29 is 14.4 Å². The Hall–Kier alpha value is -2.81. The van der Waals surface area contributed by atoms with E-state index >= 15 is 0 Å². The zero-order chi connectivity index (χ0) is 23.7. The molecule has 1 fully saturated rings. The van der Waals surface area contributed by atoms with Gasteiger partial charge in [-0.3, -0.25) is 24.2 Å². The van der Waals surface area contributed by atoms with Gasteiger partial charge >= 0.3 is 0 Å². The molecule has 7 nitrogen and oxygen atoms in total. The zero-order valence-electron chi connectivity index (χ0n) is 19.8. The molecule has 34 heavy (non-hydrogen) atoms. The fourth-order valence-corrected chi connectivity index (χ4v) is 4.96. The number of aryl methyl sites for hydroxylation is 2. The Balaban J connectivity index is 0.00000324. The van der Waals surface area contributed by atoms with Gasteiger partial charge in [-0.15, -0.1) is 12.4 Å². The normalized spacial score (nSPS) is 13.6. The van der Waals surface area contributed by atoms with Gasteiger partial charge in [0.05, 0.1) is 15.9 Å². The Bertz CT molecular complexity index is 1170. The molecule has 0 aliphatic carbocycles. The highest BCUT2D eigenvalue weighted by atomic mass is 35.5. The number of carbonyl (C=O) groups is 3. The summed E-state index contributed by atoms with van der Waals surface area (Å²) in [6.07, 6.45) is 1.27. The summed E-state index contributed by atoms with van der Waals surface area (Å²) in [6.45, 7) is 5.53. The molecule has 1 aromatic heterocycles. The molecule has 0 atom stereocenters. The van der Waals surface area contributed by atoms with Crippen molar-refractivity contribution in [3.05, 3.63) is 53.1 Å². The molecule has 3 amide bonds. The molecule has 4 rings (SSSR count). The van der Waals surface area contributed by atoms with Gasteiger partial charge in [-0.25, -0.2) is 4.98 Å². The molecule has 1 saturated heterocycles. The first-order valence-corrected chi connectivity index (χ1v) is 11.9. The number of hydrogen-bond donors (Lipinski definition) is 0. The van der Waals surface area contributed by atoms with Crippen LogP contribution in [0.5, 0.6) is 0 Å². The maximum absolute atomic E-state index is 13.5. The fourth-order valence-electron chi connectivity index (χ4n) is 3.89. The van der Waals surface area contributed by atoms with Gasteiger partial charge < -0.3 is 4.90 Å². The third kappa shape index (κ3) is 5.29. The van der Waals surface area contributed by atoms with E-state index in [4.69, 9.17) is 4.98 Å². The van der Waals surface area contributed by atoms with Crippen molar-refractivity contribution in [1.29, 1.82) is 0 Å². The van der Waals surface area contributed by atoms with Gasteiger partial charge in [0.25, 0.3) is 5.91 Å². The summed E-state index contributed by atoms with van der Waals surface area (Å²) in [5, 5.41) is 0.674. The number of benzene rings is 2. The summed E-state index contributed by atoms with van der Waals surface area (Å²) >= 11 is 1.52. The van der Waals surface area contributed by atoms with E-state index in [1.54, 1.807) is 29.2 Å². The second-order valence-corrected chi connectivity index (χ2v) is 9.69. The standard InChI is InChI=1S/C25H28N4O3S.ClH/c1-16-14-20-21(15-17(16)2)33-25(26-20)28(13-5-12-27(3)4)24(32)18-6-8-19(9-7-18)29-22(30)10-11-23(29)31;/h6-9,14-15H,5,10-13H2,1-4H3;1H. The number of hydrogen-bond acceptors (Lipinski definition) is 6. The van der Waals surface area contributed by atoms with Crippen molar-refractivity contribution in [2.75, 3.05) is 37.0 Å². The predicted octanol–water partition coefficient (Wildman–Crippen LogP) is 4.59. The minimum atomic E-state index is -0.204. The topological polar surface area (TPSA) is 73.8 Å². The number of thiazole rings is 1. The molecule has 2 heterocycles. The Morgan fingerprint density at radius 2 is 1.62 bits per heavy atom. The molecule has 0 unspecified atom stereocenters. The zero-order valence-corrected chi connectivity index (χ0v) is 21.5. The van der Waals surface area contributed by atoms with Gasteiger partial charge in [-0.2, -0.15) is 0 Å². The second-order valence-electron chi connectivity index (χ2n) is 8.68. The highest BCUT2D eigenvalue weighted by Crippen LogP contribution is 2.32. The third-order valence-electron chi connectivity index (χ3n) is 5.88. The van der Waals surface area contributed by atoms with Crippen LogP contribution in [-0.2, 0) is 9.59 Å². The number of imide groups is 1. The molecule has 3 aromatic rings. The lowest BCUT2D eigenvalue weighted by Gasteiger charge is -2.21. The van der Waals surface area contributed by atoms with E-state index < -0.39 is 0 Å². The molecule has 9 heteroatoms. The minimum Gasteiger partial charge on any atom is -0.309 e. The maximum Gasteiger partial charge on any atom is 0.260 e. The van der Waals surface area contributed by atoms with Crippen LogP contribution in [0.1, 0.15) is 40.7 Å². The Morgan fingerprint density at radius 1 is 1.00 bits per heavy atom. The van der Waals surface area contributed by atoms with Crippen LogP contribution in [0.4, 0.5) is 10.8 Å². The van der Waals surface area contributed by atoms with Gasteiger partial charge in [0, 0.05) is 24.9 Å². The number of nitrogens with zero attached hydrogens (tertiary/aromatic N) is 4. The van der Waals surface area contributed by atoms with Crippen molar-refractivity contribution in [2.24, 2.45) is 0 Å². The maximum atomic E-state index is 13.5. The molecular formula is C25H29ClN4O3S. The summed E-state index contributed by atoms with van der Waals surface area (Å²) in [5.74, 6) is -0.555. The molecule has 0 saturated carbocycles. The lowest BCUT2D eigenvalue weighted by Crippen LogP contribution is -2.33. The van der Waals surface area contributed by atoms with Crippen molar-refractivity contribution in [2.45, 2.75) is 33.1 Å². The molecule has 0 N–H and O–H groups in total. The number of carbonyl (C=O) groups excluding carboxylic acids is 3. The van der Waals surface area contributed by atoms with Gasteiger partial charge in [-0.05, 0) is 88.4 Å². The first-order chi connectivity index (χ1) is 15.7. The Labute approximate surface area is 209 Å². The van der Waals surface area contributed by atoms with E-state index in [0.29, 0.717) is 22.9 Å². The van der Waals surface area contributed by atoms with Crippen molar-refractivity contribution in [3.63, 3.8) is 0 Å². The van der Waals surface area contributed by atoms with Gasteiger partial charge in [0.15, 0.2) is 5.13 Å². The number of rotatable bonds is 7. The lowest BCUT2D eigenvalue weighted by molar-refractivity contribution is -0.121. The van der Waals surface area contributed by atoms with E-state index in [9.17, 15) is 14.4 Å². The second kappa shape index (κ2) is 10.6. The van der Waals surface area contributed by atoms with Crippen LogP contribution in [0.15, 0.2) is 36.4 Å². The quantitative estimate of drug-likeness (QED) is 0.444. The van der Waals surface area contributed by atoms with Crippen molar-refractivity contribution in [1.82, 2.24) is 9.88 Å². The molecule has 2 aromatic carbocycles. The van der Waals surface area contributed by atoms with Crippen LogP contribution in [0.2, 0.25) is 0 Å². The average molecular weight is 501 g/mol. The van der Waals surface area contributed by atoms with E-state index in [1.165, 1.54) is 27.4 Å². The van der Waals surface area contributed by atoms with Crippen LogP contribution in [0.25, 0.3) is 10.2 Å². The third-order valence-corrected chi connectivity index (χ3v) is 6.92. The van der Waals surface area contributed by atoms with E-state index in [2.05, 4.69) is 30.9 Å². The highest BCUT2D eigenvalue weighted by molar-refractivity contribution is 7.22. The highest BCUT2D eigenvalue weighted by Gasteiger charge is 2.30. The van der Waals surface area contributed by atoms with Gasteiger partial charge in [-0.1, -0.05) is 11.3 Å². The van der Waals surface area contributed by atoms with Crippen LogP contribution < -0.4 is 9.80 Å². The molecule has 0 radical (unpaired) electrons. The SMILES string of the molecule is Cc1cc2nc(N(CCCN(C)C)C(=O)c3ccc(N4C(=O)CCC4=O)cc3)sc2cc1C.Cl. The molecule has 1 aliphatic heterocycles. The number of aromatic nitrogens is 1. The largest absolute Gasteiger partial charge is 0.309 e. The van der Waals surface area contributed by atoms with Crippen LogP contribution >= 0.6 is 23.7 Å². The number of halogens is 1. The summed E-state index contributed by atoms with van der Waals surface area (Å²) < 4.78 is 1.06. The van der Waals surface area contributed by atoms with Crippen molar-refractivity contribution in [3.8, 4) is 0 Å². The molecular weight excluding hydrogens is 472 g/mol. The van der Waals surface area contributed by atoms with Crippen LogP contribution in [0.3, 0.4) is 0 Å². The van der Waals surface area contributed by atoms with Crippen LogP contribution in [-0.4, -0.2) is 54.8 Å². The van der Waals surface area contributed by atoms with Gasteiger partial charge in [0.2, 0.25) is 11.8 Å². The first kappa shape index (κ1) is 25.8. The van der Waals surface area contributed by atoms with Crippen molar-refractivity contribution >= 4 is 62.5 Å². The predicted molar refractivity (Wildman–Crippen MR) is 139 cm³/mol. The minimum absolute atomic E-state index is 0. The molecule has 0 spiro atoms. The Kier molecular flexibility index (Phi) is 8.07. The summed E-state index contributed by atoms with van der Waals surface area (Å²) in [5.41, 5.74) is 4.26. The fraction of sp³-hybridized carbons (Fsp3) is 0.360. The average Bonchev–Trinajstić information content (AvgIpc) is 3.33. The molecule has 0 bridgehead atoms. The number of amides is 3. The van der Waals surface area contributed by atoms with Gasteiger partial charge in [0.1, 0.15) is 0 Å². The summed E-state index contributed by atoms with van der Waals surface area (Å²) in [4.78, 5) is 47.4. The summed E-state index contributed by atoms with van der Waals surface area (Å²) in [6, 6.07) is 10.9. The smallest absolute Gasteiger partial charge is 0.260 e. The number of fused-ring (bicyclic) bond motifs is 1. The monoisotopic (exact) mass is 500 g/mol. The first-order valence-electron chi connectivity index (χ1n) is 11.0. The van der Waals surface area contributed by atoms with E-state index in [1.807, 2.05) is 14.1 Å². The molecule has 1 aliphatic rings. The number of anilines is 2. The van der Waals surface area contributed by atoms with E-state index in [0.717, 1.165) is 23.2 Å². The molecule has 180 valence electrons. The summed E-state index contributed by atoms with van der Waals surface area (Å²) in [7, 11) is 4.02. The lowest BCUT2D eigenvalue weighted by atomic mass is 10.1. The van der Waals surface area contributed by atoms with Crippen LogP contribution in [0, 0.1) is 13.8 Å².